The Morgan fingerprint density at radius 2 is 0.700 bits per heavy atom. The molecular weight excluding hydrogens is 1790 g/mol. The van der Waals surface area contributed by atoms with Crippen molar-refractivity contribution in [1.82, 2.24) is 49.9 Å². The number of fused-ring (bicyclic) bond motifs is 18. The number of furan rings is 3. The summed E-state index contributed by atoms with van der Waals surface area (Å²) >= 11 is 2.21. The molecule has 31 heteroatoms. The van der Waals surface area contributed by atoms with Crippen molar-refractivity contribution in [2.45, 2.75) is 39.5 Å². The first kappa shape index (κ1) is 81.3. The molecular formula is C99H67F6IN12O12. The van der Waals surface area contributed by atoms with E-state index in [0.717, 1.165) is 33.3 Å². The monoisotopic (exact) mass is 1860 g/mol. The average Bonchev–Trinajstić information content (AvgIpc) is 1.56. The van der Waals surface area contributed by atoms with E-state index in [4.69, 9.17) is 42.4 Å². The van der Waals surface area contributed by atoms with Crippen molar-refractivity contribution in [2.75, 3.05) is 50.6 Å². The SMILES string of the molecule is CNC(=O)c1c(-c2ccc(F)cc2)oc2cc(I)c(-c3ccc4c(n3)-c3cc5c(F)cccc5n3CO4)cc12.CNC(=O)c1c(-c2ccc(F)cc2)oc2cc(N3CCC3=O)c(-c3ccc4c(n3)-c3cc5c(F)cccc5n3CO4)cc12.CNC(=O)c1c(-c2ccc(F)cc2)oc2cc(N3CCC3=O)c(-c3ccc4c(n3)-c3cc5c(F)cccc5n3CO4)cc12.O=C1CCN1. The third kappa shape index (κ3) is 13.9. The molecule has 0 bridgehead atoms. The largest absolute Gasteiger partial charge is 0.470 e. The van der Waals surface area contributed by atoms with Crippen LogP contribution in [0.25, 0.3) is 168 Å². The molecule has 0 atom stereocenters. The second-order valence-electron chi connectivity index (χ2n) is 31.3. The Morgan fingerprint density at radius 3 is 0.992 bits per heavy atom. The van der Waals surface area contributed by atoms with Crippen molar-refractivity contribution in [3.05, 3.63) is 274 Å². The molecule has 0 saturated carbocycles. The first-order chi connectivity index (χ1) is 63.1. The summed E-state index contributed by atoms with van der Waals surface area (Å²) in [5.41, 5.74) is 14.8. The van der Waals surface area contributed by atoms with E-state index in [1.165, 1.54) is 68.7 Å². The Morgan fingerprint density at radius 1 is 0.385 bits per heavy atom. The molecule has 0 aliphatic carbocycles. The number of pyridine rings is 3. The minimum absolute atomic E-state index is 0.0469. The Kier molecular flexibility index (Phi) is 20.2. The lowest BCUT2D eigenvalue weighted by Crippen LogP contribution is -2.43. The van der Waals surface area contributed by atoms with Gasteiger partial charge in [0.25, 0.3) is 17.7 Å². The fraction of sp³-hybridized carbons (Fsp3) is 0.121. The molecule has 0 unspecified atom stereocenters. The molecule has 4 N–H and O–H groups in total. The van der Waals surface area contributed by atoms with E-state index < -0.39 is 11.6 Å². The van der Waals surface area contributed by atoms with Gasteiger partial charge in [-0.3, -0.25) is 28.8 Å². The fourth-order valence-corrected chi connectivity index (χ4v) is 17.8. The van der Waals surface area contributed by atoms with Crippen LogP contribution in [0.1, 0.15) is 50.3 Å². The third-order valence-electron chi connectivity index (χ3n) is 23.9. The van der Waals surface area contributed by atoms with Gasteiger partial charge in [-0.15, -0.1) is 0 Å². The zero-order valence-electron chi connectivity index (χ0n) is 68.8. The number of hydrogen-bond donors (Lipinski definition) is 4. The molecule has 18 aromatic rings. The summed E-state index contributed by atoms with van der Waals surface area (Å²) in [6.45, 7) is 2.62. The highest BCUT2D eigenvalue weighted by Gasteiger charge is 2.37. The number of carbonyl (C=O) groups excluding carboxylic acids is 6. The molecule has 644 valence electrons. The Labute approximate surface area is 745 Å². The number of benzene rings is 9. The smallest absolute Gasteiger partial charge is 0.255 e. The second-order valence-corrected chi connectivity index (χ2v) is 32.4. The van der Waals surface area contributed by atoms with Crippen LogP contribution in [0.2, 0.25) is 0 Å². The molecule has 6 amide bonds. The minimum atomic E-state index is -0.411. The molecule has 0 spiro atoms. The van der Waals surface area contributed by atoms with Crippen LogP contribution in [0.15, 0.2) is 232 Å². The van der Waals surface area contributed by atoms with Crippen LogP contribution >= 0.6 is 22.6 Å². The highest BCUT2D eigenvalue weighted by molar-refractivity contribution is 14.1. The van der Waals surface area contributed by atoms with Crippen LogP contribution in [0.5, 0.6) is 17.2 Å². The summed E-state index contributed by atoms with van der Waals surface area (Å²) in [6.07, 6.45) is 1.56. The number of ether oxygens (including phenoxy) is 3. The maximum absolute atomic E-state index is 14.7. The second kappa shape index (κ2) is 32.3. The summed E-state index contributed by atoms with van der Waals surface area (Å²) in [7, 11) is 4.60. The molecule has 24 rings (SSSR count). The van der Waals surface area contributed by atoms with E-state index in [9.17, 15) is 55.1 Å². The summed E-state index contributed by atoms with van der Waals surface area (Å²) < 4.78 is 128. The Balaban J connectivity index is 0.000000115. The number of rotatable bonds is 11. The summed E-state index contributed by atoms with van der Waals surface area (Å²) in [5.74, 6) is -0.519. The number of hydrogen-bond acceptors (Lipinski definition) is 15. The van der Waals surface area contributed by atoms with Crippen molar-refractivity contribution in [3.63, 3.8) is 0 Å². The molecule has 24 nitrogen and oxygen atoms in total. The number of aromatic nitrogens is 6. The molecule has 3 saturated heterocycles. The van der Waals surface area contributed by atoms with Crippen LogP contribution in [0.4, 0.5) is 37.7 Å². The van der Waals surface area contributed by atoms with Gasteiger partial charge in [0.05, 0.1) is 78.8 Å². The van der Waals surface area contributed by atoms with Gasteiger partial charge in [0.15, 0.2) is 20.2 Å². The number of anilines is 2. The lowest BCUT2D eigenvalue weighted by Gasteiger charge is -2.32. The molecule has 15 heterocycles. The van der Waals surface area contributed by atoms with Crippen molar-refractivity contribution >= 4 is 135 Å². The number of amides is 6. The van der Waals surface area contributed by atoms with Crippen molar-refractivity contribution in [2.24, 2.45) is 0 Å². The van der Waals surface area contributed by atoms with E-state index in [2.05, 4.69) is 43.9 Å². The van der Waals surface area contributed by atoms with Gasteiger partial charge in [0, 0.05) is 141 Å². The molecule has 3 fully saturated rings. The molecule has 0 radical (unpaired) electrons. The van der Waals surface area contributed by atoms with Gasteiger partial charge in [-0.05, 0) is 211 Å². The lowest BCUT2D eigenvalue weighted by molar-refractivity contribution is -0.125. The normalized spacial score (nSPS) is 13.7. The predicted octanol–water partition coefficient (Wildman–Crippen LogP) is 19.9. The maximum Gasteiger partial charge on any atom is 0.255 e. The Hall–Kier alpha value is -15.8. The number of nitrogens with one attached hydrogen (secondary N) is 4. The van der Waals surface area contributed by atoms with E-state index in [0.29, 0.717) is 199 Å². The standard InChI is InChI=1S/2C33H22F2N4O4.C30H18F2IN3O3.C3H5NO/c2*1-36-33(41)30-21-13-20(25(38-12-11-29(38)40)15-28(21)43-32(30)17-5-7-18(34)8-6-17)23-9-10-27-31(37-23)26-14-19-22(35)3-2-4-24(19)39(26)16-42-27;1-34-30(37)27-19-11-18(21(33)13-26(19)39-29(27)15-5-7-16(31)8-6-15)22-9-10-25-28(35-22)24-12-17-20(32)3-2-4-23(17)36(24)14-38-25;5-3-1-2-4-3/h2*2-10,13-15H,11-12,16H2,1H3,(H,36,41);2-13H,14H2,1H3,(H,34,37);1-2H2,(H,4,5). The number of carbonyl (C=O) groups is 6. The number of halogens is 7. The number of nitrogens with zero attached hydrogens (tertiary/aromatic N) is 8. The summed E-state index contributed by atoms with van der Waals surface area (Å²) in [4.78, 5) is 92.7. The van der Waals surface area contributed by atoms with Crippen LogP contribution in [-0.4, -0.2) is 105 Å². The van der Waals surface area contributed by atoms with Crippen LogP contribution in [0, 0.1) is 38.5 Å². The van der Waals surface area contributed by atoms with Crippen LogP contribution in [-0.2, 0) is 34.6 Å². The van der Waals surface area contributed by atoms with Crippen LogP contribution < -0.4 is 45.3 Å². The zero-order chi connectivity index (χ0) is 89.3. The Bertz CT molecular complexity index is 7560. The molecule has 6 aliphatic rings. The highest BCUT2D eigenvalue weighted by atomic mass is 127. The van der Waals surface area contributed by atoms with Gasteiger partial charge in [0.2, 0.25) is 17.7 Å². The van der Waals surface area contributed by atoms with Gasteiger partial charge < -0.3 is 72.2 Å². The maximum atomic E-state index is 14.7. The van der Waals surface area contributed by atoms with Gasteiger partial charge in [-0.25, -0.2) is 41.3 Å². The lowest BCUT2D eigenvalue weighted by atomic mass is 9.98. The third-order valence-corrected chi connectivity index (χ3v) is 24.8. The average molecular weight is 1860 g/mol. The van der Waals surface area contributed by atoms with Crippen molar-refractivity contribution in [3.8, 4) is 119 Å². The minimum Gasteiger partial charge on any atom is -0.470 e. The van der Waals surface area contributed by atoms with Gasteiger partial charge in [-0.1, -0.05) is 18.2 Å². The molecule has 6 aliphatic heterocycles. The van der Waals surface area contributed by atoms with Crippen LogP contribution in [0.3, 0.4) is 0 Å². The van der Waals surface area contributed by atoms with E-state index in [1.54, 1.807) is 138 Å². The first-order valence-electron chi connectivity index (χ1n) is 41.2. The van der Waals surface area contributed by atoms with Gasteiger partial charge in [0.1, 0.15) is 103 Å². The zero-order valence-corrected chi connectivity index (χ0v) is 70.9. The molecule has 9 aromatic carbocycles. The quantitative estimate of drug-likeness (QED) is 0.0532. The predicted molar refractivity (Wildman–Crippen MR) is 484 cm³/mol. The highest BCUT2D eigenvalue weighted by Crippen LogP contribution is 2.50. The number of β-lactam (4-membered cyclic amide) rings is 3. The van der Waals surface area contributed by atoms with Crippen molar-refractivity contribution < 1.29 is 82.6 Å². The fourth-order valence-electron chi connectivity index (χ4n) is 17.1. The first-order valence-corrected chi connectivity index (χ1v) is 42.3. The molecule has 9 aromatic heterocycles. The van der Waals surface area contributed by atoms with E-state index >= 15 is 0 Å². The van der Waals surface area contributed by atoms with E-state index in [1.807, 2.05) is 56.2 Å². The molecule has 130 heavy (non-hydrogen) atoms. The summed E-state index contributed by atoms with van der Waals surface area (Å²) in [5, 5.41) is 13.7. The van der Waals surface area contributed by atoms with Gasteiger partial charge in [-0.2, -0.15) is 0 Å². The van der Waals surface area contributed by atoms with Crippen molar-refractivity contribution in [1.29, 1.82) is 0 Å². The van der Waals surface area contributed by atoms with Gasteiger partial charge >= 0.3 is 0 Å². The van der Waals surface area contributed by atoms with E-state index in [-0.39, 0.29) is 102 Å². The summed E-state index contributed by atoms with van der Waals surface area (Å²) in [6, 6.07) is 59.1. The topological polar surface area (TPSA) is 278 Å².